The van der Waals surface area contributed by atoms with Crippen molar-refractivity contribution in [1.82, 2.24) is 16.0 Å². The number of aliphatic hydroxyl groups is 1. The Morgan fingerprint density at radius 2 is 1.65 bits per heavy atom. The lowest BCUT2D eigenvalue weighted by Gasteiger charge is -2.22. The molecule has 0 aliphatic carbocycles. The third-order valence-corrected chi connectivity index (χ3v) is 3.54. The van der Waals surface area contributed by atoms with E-state index in [0.717, 1.165) is 6.42 Å². The van der Waals surface area contributed by atoms with Crippen LogP contribution in [-0.2, 0) is 19.2 Å². The van der Waals surface area contributed by atoms with Crippen LogP contribution in [0.25, 0.3) is 0 Å². The molecule has 0 saturated carbocycles. The van der Waals surface area contributed by atoms with Crippen molar-refractivity contribution in [3.8, 4) is 0 Å². The van der Waals surface area contributed by atoms with Crippen molar-refractivity contribution in [3.05, 3.63) is 0 Å². The number of carboxylic acids is 1. The number of carboxylic acid groups (broad SMARTS) is 1. The van der Waals surface area contributed by atoms with Crippen LogP contribution >= 0.6 is 0 Å². The minimum absolute atomic E-state index is 0.427. The van der Waals surface area contributed by atoms with Crippen molar-refractivity contribution < 1.29 is 29.4 Å². The zero-order chi connectivity index (χ0) is 20.3. The maximum absolute atomic E-state index is 12.0. The Hall–Kier alpha value is -2.24. The van der Waals surface area contributed by atoms with Crippen molar-refractivity contribution in [2.45, 2.75) is 57.3 Å². The predicted octanol–water partition coefficient (Wildman–Crippen LogP) is -2.99. The Morgan fingerprint density at radius 3 is 2.15 bits per heavy atom. The molecule has 11 nitrogen and oxygen atoms in total. The van der Waals surface area contributed by atoms with Gasteiger partial charge < -0.3 is 37.6 Å². The van der Waals surface area contributed by atoms with Gasteiger partial charge in [0.25, 0.3) is 0 Å². The van der Waals surface area contributed by atoms with E-state index in [0.29, 0.717) is 19.4 Å². The van der Waals surface area contributed by atoms with Gasteiger partial charge in [-0.25, -0.2) is 0 Å². The van der Waals surface area contributed by atoms with E-state index in [1.807, 2.05) is 0 Å². The molecule has 0 aliphatic rings. The Kier molecular flexibility index (Phi) is 11.1. The smallest absolute Gasteiger partial charge is 0.325 e. The first-order chi connectivity index (χ1) is 12.1. The molecule has 0 radical (unpaired) electrons. The van der Waals surface area contributed by atoms with Gasteiger partial charge in [-0.2, -0.15) is 0 Å². The molecule has 26 heavy (non-hydrogen) atoms. The summed E-state index contributed by atoms with van der Waals surface area (Å²) >= 11 is 0. The molecule has 3 amide bonds. The number of carbonyl (C=O) groups excluding carboxylic acids is 3. The second kappa shape index (κ2) is 12.2. The SMILES string of the molecule is CC(NC(=O)C(NC(=O)CNC(=O)C(N)CCCCN)C(C)O)C(=O)O. The molecule has 0 aromatic rings. The number of rotatable bonds is 12. The third-order valence-electron chi connectivity index (χ3n) is 3.54. The molecule has 0 fully saturated rings. The molecule has 0 saturated heterocycles. The van der Waals surface area contributed by atoms with Gasteiger partial charge in [-0.15, -0.1) is 0 Å². The van der Waals surface area contributed by atoms with E-state index in [2.05, 4.69) is 16.0 Å². The van der Waals surface area contributed by atoms with E-state index < -0.39 is 54.5 Å². The summed E-state index contributed by atoms with van der Waals surface area (Å²) in [6.07, 6.45) is 0.579. The molecule has 0 rings (SSSR count). The highest BCUT2D eigenvalue weighted by molar-refractivity contribution is 5.92. The van der Waals surface area contributed by atoms with Crippen LogP contribution in [0, 0.1) is 0 Å². The van der Waals surface area contributed by atoms with E-state index in [4.69, 9.17) is 16.6 Å². The normalized spacial score (nSPS) is 15.3. The number of aliphatic hydroxyl groups excluding tert-OH is 1. The van der Waals surface area contributed by atoms with Crippen molar-refractivity contribution >= 4 is 23.7 Å². The number of hydrogen-bond acceptors (Lipinski definition) is 7. The molecule has 4 atom stereocenters. The molecule has 0 aliphatic heterocycles. The number of hydrogen-bond donors (Lipinski definition) is 7. The number of unbranched alkanes of at least 4 members (excludes halogenated alkanes) is 1. The standard InChI is InChI=1S/C15H29N5O6/c1-8(15(25)26)19-14(24)12(9(2)21)20-11(22)7-18-13(23)10(17)5-3-4-6-16/h8-10,12,21H,3-7,16-17H2,1-2H3,(H,18,23)(H,19,24)(H,20,22)(H,25,26). The lowest BCUT2D eigenvalue weighted by atomic mass is 10.1. The van der Waals surface area contributed by atoms with E-state index in [-0.39, 0.29) is 0 Å². The van der Waals surface area contributed by atoms with Gasteiger partial charge in [0.15, 0.2) is 0 Å². The van der Waals surface area contributed by atoms with E-state index in [1.54, 1.807) is 0 Å². The molecule has 0 heterocycles. The van der Waals surface area contributed by atoms with Gasteiger partial charge in [0, 0.05) is 0 Å². The van der Waals surface area contributed by atoms with Gasteiger partial charge in [0.05, 0.1) is 18.7 Å². The second-order valence-electron chi connectivity index (χ2n) is 5.96. The lowest BCUT2D eigenvalue weighted by molar-refractivity contribution is -0.142. The van der Waals surface area contributed by atoms with Crippen LogP contribution in [-0.4, -0.2) is 71.2 Å². The first kappa shape index (κ1) is 23.8. The largest absolute Gasteiger partial charge is 0.480 e. The van der Waals surface area contributed by atoms with Gasteiger partial charge in [-0.1, -0.05) is 6.42 Å². The molecule has 11 heteroatoms. The summed E-state index contributed by atoms with van der Waals surface area (Å²) in [5.41, 5.74) is 11.0. The maximum atomic E-state index is 12.0. The van der Waals surface area contributed by atoms with Crippen molar-refractivity contribution in [1.29, 1.82) is 0 Å². The van der Waals surface area contributed by atoms with Gasteiger partial charge in [-0.05, 0) is 33.2 Å². The molecule has 0 aromatic carbocycles. The number of carbonyl (C=O) groups is 4. The van der Waals surface area contributed by atoms with Crippen molar-refractivity contribution in [3.63, 3.8) is 0 Å². The molecule has 4 unspecified atom stereocenters. The number of aliphatic carboxylic acids is 1. The zero-order valence-electron chi connectivity index (χ0n) is 15.0. The Labute approximate surface area is 151 Å². The highest BCUT2D eigenvalue weighted by atomic mass is 16.4. The molecule has 0 aromatic heterocycles. The lowest BCUT2D eigenvalue weighted by Crippen LogP contribution is -2.56. The van der Waals surface area contributed by atoms with Gasteiger partial charge in [-0.3, -0.25) is 19.2 Å². The van der Waals surface area contributed by atoms with Crippen LogP contribution in [0.2, 0.25) is 0 Å². The summed E-state index contributed by atoms with van der Waals surface area (Å²) in [5.74, 6) is -3.36. The fraction of sp³-hybridized carbons (Fsp3) is 0.733. The highest BCUT2D eigenvalue weighted by Gasteiger charge is 2.28. The summed E-state index contributed by atoms with van der Waals surface area (Å²) in [7, 11) is 0. The summed E-state index contributed by atoms with van der Waals surface area (Å²) in [5, 5.41) is 25.1. The van der Waals surface area contributed by atoms with Crippen LogP contribution < -0.4 is 27.4 Å². The van der Waals surface area contributed by atoms with Crippen LogP contribution in [0.5, 0.6) is 0 Å². The predicted molar refractivity (Wildman–Crippen MR) is 92.7 cm³/mol. The zero-order valence-corrected chi connectivity index (χ0v) is 15.0. The molecule has 9 N–H and O–H groups in total. The van der Waals surface area contributed by atoms with Crippen LogP contribution in [0.3, 0.4) is 0 Å². The minimum atomic E-state index is -1.36. The second-order valence-corrected chi connectivity index (χ2v) is 5.96. The van der Waals surface area contributed by atoms with Gasteiger partial charge in [0.2, 0.25) is 17.7 Å². The van der Waals surface area contributed by atoms with Gasteiger partial charge >= 0.3 is 5.97 Å². The first-order valence-electron chi connectivity index (χ1n) is 8.34. The summed E-state index contributed by atoms with van der Waals surface area (Å²) < 4.78 is 0. The number of amides is 3. The average Bonchev–Trinajstić information content (AvgIpc) is 2.56. The molecule has 0 spiro atoms. The van der Waals surface area contributed by atoms with Crippen molar-refractivity contribution in [2.75, 3.05) is 13.1 Å². The number of nitrogens with two attached hydrogens (primary N) is 2. The molecular formula is C15H29N5O6. The quantitative estimate of drug-likeness (QED) is 0.175. The van der Waals surface area contributed by atoms with E-state index in [9.17, 15) is 24.3 Å². The first-order valence-corrected chi connectivity index (χ1v) is 8.34. The number of nitrogens with one attached hydrogen (secondary N) is 3. The average molecular weight is 375 g/mol. The fourth-order valence-corrected chi connectivity index (χ4v) is 1.93. The van der Waals surface area contributed by atoms with E-state index >= 15 is 0 Å². The van der Waals surface area contributed by atoms with Crippen LogP contribution in [0.1, 0.15) is 33.1 Å². The third kappa shape index (κ3) is 9.30. The summed E-state index contributed by atoms with van der Waals surface area (Å²) in [4.78, 5) is 46.4. The van der Waals surface area contributed by atoms with Gasteiger partial charge in [0.1, 0.15) is 12.1 Å². The Bertz CT molecular complexity index is 499. The van der Waals surface area contributed by atoms with E-state index in [1.165, 1.54) is 13.8 Å². The molecule has 0 bridgehead atoms. The monoisotopic (exact) mass is 375 g/mol. The van der Waals surface area contributed by atoms with Crippen molar-refractivity contribution in [2.24, 2.45) is 11.5 Å². The molecular weight excluding hydrogens is 346 g/mol. The fourth-order valence-electron chi connectivity index (χ4n) is 1.93. The minimum Gasteiger partial charge on any atom is -0.480 e. The van der Waals surface area contributed by atoms with Crippen LogP contribution in [0.4, 0.5) is 0 Å². The summed E-state index contributed by atoms with van der Waals surface area (Å²) in [6, 6.07) is -3.33. The topological polar surface area (TPSA) is 197 Å². The Morgan fingerprint density at radius 1 is 1.04 bits per heavy atom. The van der Waals surface area contributed by atoms with Crippen LogP contribution in [0.15, 0.2) is 0 Å². The summed E-state index contributed by atoms with van der Waals surface area (Å²) in [6.45, 7) is 2.57. The maximum Gasteiger partial charge on any atom is 0.325 e. The highest BCUT2D eigenvalue weighted by Crippen LogP contribution is 1.98. The Balaban J connectivity index is 4.48. The molecule has 150 valence electrons.